The van der Waals surface area contributed by atoms with E-state index >= 15 is 0 Å². The number of carbonyl (C=O) groups excluding carboxylic acids is 1. The number of carbonyl (C=O) groups is 1. The standard InChI is InChI=1S/C10H22N2O2/c1-8(2)12-7-10(13)11-5-6-14-9(3)4/h8-9,12H,5-7H2,1-4H3,(H,11,13). The Hall–Kier alpha value is -0.610. The number of nitrogens with one attached hydrogen (secondary N) is 2. The van der Waals surface area contributed by atoms with Crippen molar-refractivity contribution < 1.29 is 9.53 Å². The van der Waals surface area contributed by atoms with Gasteiger partial charge in [0, 0.05) is 12.6 Å². The van der Waals surface area contributed by atoms with E-state index in [9.17, 15) is 4.79 Å². The maximum absolute atomic E-state index is 11.2. The van der Waals surface area contributed by atoms with E-state index < -0.39 is 0 Å². The third-order valence-electron chi connectivity index (χ3n) is 1.55. The number of hydrogen-bond acceptors (Lipinski definition) is 3. The van der Waals surface area contributed by atoms with Crippen LogP contribution in [0.15, 0.2) is 0 Å². The van der Waals surface area contributed by atoms with Crippen molar-refractivity contribution in [3.63, 3.8) is 0 Å². The molecule has 0 atom stereocenters. The van der Waals surface area contributed by atoms with Gasteiger partial charge in [0.05, 0.1) is 19.3 Å². The van der Waals surface area contributed by atoms with E-state index in [1.54, 1.807) is 0 Å². The van der Waals surface area contributed by atoms with E-state index in [-0.39, 0.29) is 12.0 Å². The predicted octanol–water partition coefficient (Wildman–Crippen LogP) is 0.526. The molecule has 84 valence electrons. The molecule has 0 aliphatic heterocycles. The van der Waals surface area contributed by atoms with Gasteiger partial charge < -0.3 is 15.4 Å². The van der Waals surface area contributed by atoms with Gasteiger partial charge in [0.15, 0.2) is 0 Å². The second-order valence-corrected chi connectivity index (χ2v) is 3.81. The zero-order chi connectivity index (χ0) is 11.0. The summed E-state index contributed by atoms with van der Waals surface area (Å²) in [6.45, 7) is 9.50. The quantitative estimate of drug-likeness (QED) is 0.592. The van der Waals surface area contributed by atoms with Gasteiger partial charge in [0.25, 0.3) is 0 Å². The molecule has 0 aliphatic rings. The molecule has 4 heteroatoms. The monoisotopic (exact) mass is 202 g/mol. The molecule has 14 heavy (non-hydrogen) atoms. The average molecular weight is 202 g/mol. The largest absolute Gasteiger partial charge is 0.377 e. The predicted molar refractivity (Wildman–Crippen MR) is 57.2 cm³/mol. The van der Waals surface area contributed by atoms with E-state index in [0.717, 1.165) is 0 Å². The Morgan fingerprint density at radius 1 is 1.29 bits per heavy atom. The Bertz CT molecular complexity index is 158. The minimum atomic E-state index is 0.0195. The number of rotatable bonds is 7. The summed E-state index contributed by atoms with van der Waals surface area (Å²) in [7, 11) is 0. The van der Waals surface area contributed by atoms with Crippen LogP contribution in [-0.2, 0) is 9.53 Å². The molecule has 0 aliphatic carbocycles. The molecule has 0 radical (unpaired) electrons. The topological polar surface area (TPSA) is 50.4 Å². The van der Waals surface area contributed by atoms with E-state index in [4.69, 9.17) is 4.74 Å². The Morgan fingerprint density at radius 2 is 1.93 bits per heavy atom. The van der Waals surface area contributed by atoms with Crippen molar-refractivity contribution in [1.82, 2.24) is 10.6 Å². The second kappa shape index (κ2) is 7.76. The fourth-order valence-electron chi connectivity index (χ4n) is 0.844. The smallest absolute Gasteiger partial charge is 0.234 e. The molecule has 0 fully saturated rings. The molecular weight excluding hydrogens is 180 g/mol. The van der Waals surface area contributed by atoms with E-state index in [0.29, 0.717) is 25.7 Å². The summed E-state index contributed by atoms with van der Waals surface area (Å²) in [5, 5.41) is 5.81. The Kier molecular flexibility index (Phi) is 7.42. The van der Waals surface area contributed by atoms with Gasteiger partial charge in [-0.3, -0.25) is 4.79 Å². The average Bonchev–Trinajstić information content (AvgIpc) is 2.08. The Labute approximate surface area is 86.4 Å². The van der Waals surface area contributed by atoms with Crippen LogP contribution >= 0.6 is 0 Å². The first-order chi connectivity index (χ1) is 6.52. The first kappa shape index (κ1) is 13.4. The van der Waals surface area contributed by atoms with E-state index in [1.165, 1.54) is 0 Å². The van der Waals surface area contributed by atoms with Crippen LogP contribution in [0.1, 0.15) is 27.7 Å². The number of hydrogen-bond donors (Lipinski definition) is 2. The highest BCUT2D eigenvalue weighted by Gasteiger charge is 2.01. The lowest BCUT2D eigenvalue weighted by atomic mass is 10.4. The van der Waals surface area contributed by atoms with Gasteiger partial charge in [-0.2, -0.15) is 0 Å². The molecule has 0 bridgehead atoms. The fourth-order valence-corrected chi connectivity index (χ4v) is 0.844. The maximum atomic E-state index is 11.2. The minimum Gasteiger partial charge on any atom is -0.377 e. The highest BCUT2D eigenvalue weighted by Crippen LogP contribution is 1.84. The van der Waals surface area contributed by atoms with Crippen LogP contribution < -0.4 is 10.6 Å². The summed E-state index contributed by atoms with van der Waals surface area (Å²) in [6.07, 6.45) is 0.223. The van der Waals surface area contributed by atoms with Gasteiger partial charge in [-0.1, -0.05) is 13.8 Å². The molecule has 0 aromatic carbocycles. The summed E-state index contributed by atoms with van der Waals surface area (Å²) >= 11 is 0. The van der Waals surface area contributed by atoms with Gasteiger partial charge >= 0.3 is 0 Å². The summed E-state index contributed by atoms with van der Waals surface area (Å²) in [6, 6.07) is 0.340. The van der Waals surface area contributed by atoms with Crippen LogP contribution in [0.25, 0.3) is 0 Å². The van der Waals surface area contributed by atoms with Crippen molar-refractivity contribution >= 4 is 5.91 Å². The fraction of sp³-hybridized carbons (Fsp3) is 0.900. The normalized spacial score (nSPS) is 11.0. The zero-order valence-corrected chi connectivity index (χ0v) is 9.59. The van der Waals surface area contributed by atoms with Crippen molar-refractivity contribution in [2.24, 2.45) is 0 Å². The molecule has 0 spiro atoms. The lowest BCUT2D eigenvalue weighted by molar-refractivity contribution is -0.120. The molecule has 0 rings (SSSR count). The van der Waals surface area contributed by atoms with Crippen molar-refractivity contribution in [3.8, 4) is 0 Å². The van der Waals surface area contributed by atoms with Gasteiger partial charge in [-0.05, 0) is 13.8 Å². The van der Waals surface area contributed by atoms with Crippen LogP contribution in [0.5, 0.6) is 0 Å². The summed E-state index contributed by atoms with van der Waals surface area (Å²) in [5.74, 6) is 0.0195. The highest BCUT2D eigenvalue weighted by molar-refractivity contribution is 5.77. The Balaban J connectivity index is 3.27. The van der Waals surface area contributed by atoms with Crippen molar-refractivity contribution in [2.45, 2.75) is 39.8 Å². The lowest BCUT2D eigenvalue weighted by Gasteiger charge is -2.10. The third kappa shape index (κ3) is 9.48. The van der Waals surface area contributed by atoms with Crippen molar-refractivity contribution in [2.75, 3.05) is 19.7 Å². The molecule has 0 saturated heterocycles. The first-order valence-electron chi connectivity index (χ1n) is 5.14. The SMILES string of the molecule is CC(C)NCC(=O)NCCOC(C)C. The van der Waals surface area contributed by atoms with Crippen LogP contribution in [0.3, 0.4) is 0 Å². The van der Waals surface area contributed by atoms with Gasteiger partial charge in [-0.25, -0.2) is 0 Å². The molecule has 1 amide bonds. The summed E-state index contributed by atoms with van der Waals surface area (Å²) in [4.78, 5) is 11.2. The van der Waals surface area contributed by atoms with Crippen molar-refractivity contribution in [3.05, 3.63) is 0 Å². The van der Waals surface area contributed by atoms with Gasteiger partial charge in [0.1, 0.15) is 0 Å². The molecule has 0 unspecified atom stereocenters. The lowest BCUT2D eigenvalue weighted by Crippen LogP contribution is -2.38. The molecule has 4 nitrogen and oxygen atoms in total. The molecule has 0 aromatic rings. The summed E-state index contributed by atoms with van der Waals surface area (Å²) in [5.41, 5.74) is 0. The van der Waals surface area contributed by atoms with E-state index in [2.05, 4.69) is 10.6 Å². The minimum absolute atomic E-state index is 0.0195. The second-order valence-electron chi connectivity index (χ2n) is 3.81. The van der Waals surface area contributed by atoms with Gasteiger partial charge in [0.2, 0.25) is 5.91 Å². The Morgan fingerprint density at radius 3 is 2.43 bits per heavy atom. The maximum Gasteiger partial charge on any atom is 0.234 e. The molecule has 2 N–H and O–H groups in total. The third-order valence-corrected chi connectivity index (χ3v) is 1.55. The zero-order valence-electron chi connectivity index (χ0n) is 9.59. The number of ether oxygens (including phenoxy) is 1. The molecular formula is C10H22N2O2. The van der Waals surface area contributed by atoms with Crippen LogP contribution in [0, 0.1) is 0 Å². The molecule has 0 saturated carbocycles. The highest BCUT2D eigenvalue weighted by atomic mass is 16.5. The van der Waals surface area contributed by atoms with E-state index in [1.807, 2.05) is 27.7 Å². The van der Waals surface area contributed by atoms with Crippen LogP contribution in [0.2, 0.25) is 0 Å². The van der Waals surface area contributed by atoms with Crippen molar-refractivity contribution in [1.29, 1.82) is 0 Å². The molecule has 0 heterocycles. The van der Waals surface area contributed by atoms with Gasteiger partial charge in [-0.15, -0.1) is 0 Å². The summed E-state index contributed by atoms with van der Waals surface area (Å²) < 4.78 is 5.28. The molecule has 0 aromatic heterocycles. The first-order valence-corrected chi connectivity index (χ1v) is 5.14. The van der Waals surface area contributed by atoms with Crippen LogP contribution in [0.4, 0.5) is 0 Å². The number of amides is 1. The van der Waals surface area contributed by atoms with Crippen LogP contribution in [-0.4, -0.2) is 37.7 Å².